The first-order chi connectivity index (χ1) is 19.2. The maximum atomic E-state index is 14.9. The molecule has 1 heterocycles. The molecule has 41 heavy (non-hydrogen) atoms. The zero-order valence-electron chi connectivity index (χ0n) is 24.6. The van der Waals surface area contributed by atoms with Gasteiger partial charge in [-0.1, -0.05) is 32.0 Å². The molecule has 9 atom stereocenters. The summed E-state index contributed by atoms with van der Waals surface area (Å²) >= 11 is 0. The average Bonchev–Trinajstić information content (AvgIpc) is 2.91. The Morgan fingerprint density at radius 3 is 2.27 bits per heavy atom. The number of esters is 2. The zero-order chi connectivity index (χ0) is 30.1. The molecule has 10 heteroatoms. The molecule has 10 nitrogen and oxygen atoms in total. The van der Waals surface area contributed by atoms with Gasteiger partial charge in [0, 0.05) is 39.4 Å². The molecule has 1 aromatic carbocycles. The van der Waals surface area contributed by atoms with E-state index in [1.807, 2.05) is 0 Å². The summed E-state index contributed by atoms with van der Waals surface area (Å²) in [6.07, 6.45) is -5.17. The Labute approximate surface area is 239 Å². The second-order valence-electron chi connectivity index (χ2n) is 12.6. The van der Waals surface area contributed by atoms with E-state index in [0.717, 1.165) is 0 Å². The van der Waals surface area contributed by atoms with Gasteiger partial charge >= 0.3 is 11.9 Å². The van der Waals surface area contributed by atoms with Gasteiger partial charge in [0.05, 0.1) is 35.7 Å². The molecule has 0 spiro atoms. The summed E-state index contributed by atoms with van der Waals surface area (Å²) in [5, 5.41) is 24.2. The van der Waals surface area contributed by atoms with Crippen LogP contribution in [0.3, 0.4) is 0 Å². The van der Waals surface area contributed by atoms with Crippen LogP contribution < -0.4 is 0 Å². The van der Waals surface area contributed by atoms with Crippen LogP contribution >= 0.6 is 0 Å². The van der Waals surface area contributed by atoms with E-state index in [-0.39, 0.29) is 30.8 Å². The Morgan fingerprint density at radius 2 is 1.73 bits per heavy atom. The number of methoxy groups -OCH3 is 2. The third-order valence-electron chi connectivity index (χ3n) is 10.4. The van der Waals surface area contributed by atoms with Crippen molar-refractivity contribution in [2.45, 2.75) is 89.2 Å². The van der Waals surface area contributed by atoms with Crippen molar-refractivity contribution in [2.75, 3.05) is 20.8 Å². The number of carbonyl (C=O) groups is 3. The van der Waals surface area contributed by atoms with Gasteiger partial charge in [0.2, 0.25) is 0 Å². The fourth-order valence-corrected chi connectivity index (χ4v) is 8.17. The highest BCUT2D eigenvalue weighted by Gasteiger charge is 2.78. The van der Waals surface area contributed by atoms with Crippen LogP contribution in [0.1, 0.15) is 57.8 Å². The predicted octanol–water partition coefficient (Wildman–Crippen LogP) is 2.39. The minimum absolute atomic E-state index is 0.0704. The summed E-state index contributed by atoms with van der Waals surface area (Å²) in [6.45, 7) is 8.13. The number of Topliss-reactive ketones (excluding diaryl/α,β-unsaturated/α-hetero) is 1. The van der Waals surface area contributed by atoms with Crippen molar-refractivity contribution in [3.8, 4) is 0 Å². The number of hydrogen-bond acceptors (Lipinski definition) is 10. The van der Waals surface area contributed by atoms with E-state index < -0.39 is 70.4 Å². The van der Waals surface area contributed by atoms with E-state index in [1.54, 1.807) is 58.0 Å². The van der Waals surface area contributed by atoms with Gasteiger partial charge in [0.1, 0.15) is 23.9 Å². The quantitative estimate of drug-likeness (QED) is 0.400. The molecule has 2 N–H and O–H groups in total. The van der Waals surface area contributed by atoms with Crippen LogP contribution in [0.4, 0.5) is 0 Å². The standard InChI is InChI=1S/C31H40O10/c1-16-19(33)14-31(36)26(40-27(35)18-11-9-8-10-12-18)24-29(5,25(34)23(38-7)22(16)28(31,3)4)20(37-6)13-21-30(24,15-39-21)41-17(2)32/h8-12,19-21,23-24,26,33,36H,13-15H2,1-7H3/t19-,20-,21+,23+,24-,26-,29+,30-,31+/m0/s1. The maximum absolute atomic E-state index is 14.9. The fraction of sp³-hybridized carbons (Fsp3) is 0.645. The highest BCUT2D eigenvalue weighted by molar-refractivity contribution is 5.94. The SMILES string of the molecule is CO[C@H]1C(=O)[C@]2(C)[C@@H](OC)C[C@H]3OC[C@@]3(OC(C)=O)[C@H]2[C@H](OC(=O)c2ccccc2)[C@]2(O)C[C@H](O)C(C)=C1C2(C)C. The van der Waals surface area contributed by atoms with Gasteiger partial charge in [-0.3, -0.25) is 9.59 Å². The van der Waals surface area contributed by atoms with Crippen molar-refractivity contribution in [3.05, 3.63) is 47.0 Å². The summed E-state index contributed by atoms with van der Waals surface area (Å²) < 4.78 is 30.1. The lowest BCUT2D eigenvalue weighted by molar-refractivity contribution is -0.347. The van der Waals surface area contributed by atoms with E-state index >= 15 is 0 Å². The summed E-state index contributed by atoms with van der Waals surface area (Å²) in [5.41, 5.74) is -4.88. The van der Waals surface area contributed by atoms with Gasteiger partial charge in [-0.25, -0.2) is 4.79 Å². The first-order valence-electron chi connectivity index (χ1n) is 14.0. The van der Waals surface area contributed by atoms with Crippen molar-refractivity contribution in [2.24, 2.45) is 16.7 Å². The van der Waals surface area contributed by atoms with Crippen molar-refractivity contribution < 1.29 is 48.3 Å². The molecule has 0 aromatic heterocycles. The number of carbonyl (C=O) groups excluding carboxylic acids is 3. The molecule has 224 valence electrons. The number of aliphatic hydroxyl groups excluding tert-OH is 1. The van der Waals surface area contributed by atoms with Crippen molar-refractivity contribution >= 4 is 17.7 Å². The van der Waals surface area contributed by atoms with E-state index in [2.05, 4.69) is 0 Å². The molecular formula is C31H40O10. The van der Waals surface area contributed by atoms with Gasteiger partial charge < -0.3 is 33.9 Å². The van der Waals surface area contributed by atoms with Crippen LogP contribution in [0.5, 0.6) is 0 Å². The summed E-state index contributed by atoms with van der Waals surface area (Å²) in [5.74, 6) is -2.83. The summed E-state index contributed by atoms with van der Waals surface area (Å²) in [6, 6.07) is 8.32. The molecular weight excluding hydrogens is 532 g/mol. The molecule has 3 fully saturated rings. The number of ether oxygens (including phenoxy) is 5. The summed E-state index contributed by atoms with van der Waals surface area (Å²) in [7, 11) is 2.89. The monoisotopic (exact) mass is 572 g/mol. The highest BCUT2D eigenvalue weighted by Crippen LogP contribution is 2.64. The molecule has 0 unspecified atom stereocenters. The van der Waals surface area contributed by atoms with Crippen LogP contribution in [-0.4, -0.2) is 90.5 Å². The Morgan fingerprint density at radius 1 is 1.07 bits per heavy atom. The van der Waals surface area contributed by atoms with Crippen LogP contribution in [0.15, 0.2) is 41.5 Å². The molecule has 1 aromatic rings. The average molecular weight is 573 g/mol. The van der Waals surface area contributed by atoms with Crippen LogP contribution in [-0.2, 0) is 33.3 Å². The highest BCUT2D eigenvalue weighted by atomic mass is 16.6. The maximum Gasteiger partial charge on any atom is 0.338 e. The van der Waals surface area contributed by atoms with Crippen molar-refractivity contribution in [1.29, 1.82) is 0 Å². The van der Waals surface area contributed by atoms with E-state index in [4.69, 9.17) is 23.7 Å². The van der Waals surface area contributed by atoms with E-state index in [9.17, 15) is 24.6 Å². The molecule has 0 amide bonds. The first-order valence-corrected chi connectivity index (χ1v) is 14.0. The fourth-order valence-electron chi connectivity index (χ4n) is 8.17. The van der Waals surface area contributed by atoms with Crippen LogP contribution in [0.25, 0.3) is 0 Å². The smallest absolute Gasteiger partial charge is 0.338 e. The second-order valence-corrected chi connectivity index (χ2v) is 12.6. The molecule has 3 aliphatic carbocycles. The lowest BCUT2D eigenvalue weighted by atomic mass is 9.44. The van der Waals surface area contributed by atoms with E-state index in [0.29, 0.717) is 11.1 Å². The van der Waals surface area contributed by atoms with Crippen LogP contribution in [0, 0.1) is 16.7 Å². The molecule has 4 aliphatic rings. The Bertz CT molecular complexity index is 1270. The largest absolute Gasteiger partial charge is 0.455 e. The minimum atomic E-state index is -1.93. The number of ketones is 1. The second kappa shape index (κ2) is 9.98. The van der Waals surface area contributed by atoms with Crippen LogP contribution in [0.2, 0.25) is 0 Å². The van der Waals surface area contributed by atoms with Gasteiger partial charge in [-0.2, -0.15) is 0 Å². The topological polar surface area (TPSA) is 138 Å². The van der Waals surface area contributed by atoms with Crippen molar-refractivity contribution in [3.63, 3.8) is 0 Å². The molecule has 5 rings (SSSR count). The third-order valence-corrected chi connectivity index (χ3v) is 10.4. The minimum Gasteiger partial charge on any atom is -0.455 e. The molecule has 1 saturated heterocycles. The molecule has 1 aliphatic heterocycles. The lowest BCUT2D eigenvalue weighted by Crippen LogP contribution is -2.82. The van der Waals surface area contributed by atoms with E-state index in [1.165, 1.54) is 21.1 Å². The van der Waals surface area contributed by atoms with Gasteiger partial charge in [0.25, 0.3) is 0 Å². The Kier molecular flexibility index (Phi) is 7.27. The first kappa shape index (κ1) is 29.8. The molecule has 0 radical (unpaired) electrons. The molecule has 2 saturated carbocycles. The normalized spacial score (nSPS) is 41.2. The Hall–Kier alpha value is -2.63. The number of rotatable bonds is 5. The number of fused-ring (bicyclic) bond motifs is 5. The van der Waals surface area contributed by atoms with Gasteiger partial charge in [-0.05, 0) is 37.1 Å². The van der Waals surface area contributed by atoms with Gasteiger partial charge in [0.15, 0.2) is 11.4 Å². The van der Waals surface area contributed by atoms with Gasteiger partial charge in [-0.15, -0.1) is 0 Å². The third kappa shape index (κ3) is 3.98. The van der Waals surface area contributed by atoms with Crippen molar-refractivity contribution in [1.82, 2.24) is 0 Å². The lowest BCUT2D eigenvalue weighted by Gasteiger charge is -2.67. The zero-order valence-corrected chi connectivity index (χ0v) is 24.6. The number of aliphatic hydroxyl groups is 2. The summed E-state index contributed by atoms with van der Waals surface area (Å²) in [4.78, 5) is 41.2. The molecule has 2 bridgehead atoms. The predicted molar refractivity (Wildman–Crippen MR) is 145 cm³/mol. The number of benzene rings is 1. The number of hydrogen-bond donors (Lipinski definition) is 2. The Balaban J connectivity index is 1.84.